The fourth-order valence-electron chi connectivity index (χ4n) is 2.34. The van der Waals surface area contributed by atoms with Crippen molar-refractivity contribution < 1.29 is 4.79 Å². The number of likely N-dealkylation sites (tertiary alicyclic amines) is 1. The molecule has 1 aliphatic heterocycles. The molecule has 1 aromatic heterocycles. The normalized spacial score (nSPS) is 20.1. The second-order valence-corrected chi connectivity index (χ2v) is 6.66. The molecule has 1 saturated heterocycles. The van der Waals surface area contributed by atoms with Crippen LogP contribution in [-0.2, 0) is 0 Å². The molecule has 0 saturated carbocycles. The van der Waals surface area contributed by atoms with Crippen LogP contribution in [0.15, 0.2) is 18.3 Å². The highest BCUT2D eigenvalue weighted by atomic mass is 35.5. The number of nitrogens with zero attached hydrogens (tertiary/aromatic N) is 2. The number of rotatable bonds is 3. The predicted molar refractivity (Wildman–Crippen MR) is 80.9 cm³/mol. The fourth-order valence-corrected chi connectivity index (χ4v) is 3.55. The first-order valence-corrected chi connectivity index (χ1v) is 8.16. The zero-order valence-corrected chi connectivity index (χ0v) is 12.7. The van der Waals surface area contributed by atoms with E-state index in [2.05, 4.69) is 11.9 Å². The van der Waals surface area contributed by atoms with Crippen molar-refractivity contribution in [2.75, 3.05) is 18.8 Å². The molecule has 0 radical (unpaired) electrons. The first kappa shape index (κ1) is 14.7. The first-order chi connectivity index (χ1) is 9.20. The Morgan fingerprint density at radius 1 is 1.53 bits per heavy atom. The van der Waals surface area contributed by atoms with Crippen molar-refractivity contribution in [1.82, 2.24) is 9.88 Å². The molecule has 1 atom stereocenters. The number of halogens is 1. The van der Waals surface area contributed by atoms with E-state index in [1.165, 1.54) is 12.8 Å². The summed E-state index contributed by atoms with van der Waals surface area (Å²) in [6.07, 6.45) is 5.08. The van der Waals surface area contributed by atoms with Crippen LogP contribution in [0.25, 0.3) is 0 Å². The molecular formula is C14H19ClN2OS. The van der Waals surface area contributed by atoms with Crippen LogP contribution in [0, 0.1) is 0 Å². The van der Waals surface area contributed by atoms with Crippen LogP contribution in [0.5, 0.6) is 0 Å². The molecule has 1 unspecified atom stereocenters. The monoisotopic (exact) mass is 298 g/mol. The van der Waals surface area contributed by atoms with Gasteiger partial charge in [-0.25, -0.2) is 4.98 Å². The molecule has 1 aromatic rings. The summed E-state index contributed by atoms with van der Waals surface area (Å²) in [5.74, 6) is 1.18. The van der Waals surface area contributed by atoms with Crippen molar-refractivity contribution >= 4 is 29.3 Å². The first-order valence-electron chi connectivity index (χ1n) is 6.73. The van der Waals surface area contributed by atoms with Crippen molar-refractivity contribution in [2.45, 2.75) is 31.4 Å². The molecule has 19 heavy (non-hydrogen) atoms. The van der Waals surface area contributed by atoms with Gasteiger partial charge in [0.25, 0.3) is 5.91 Å². The average Bonchev–Trinajstić information content (AvgIpc) is 2.65. The van der Waals surface area contributed by atoms with Crippen molar-refractivity contribution in [1.29, 1.82) is 0 Å². The molecule has 1 aliphatic rings. The number of pyridine rings is 1. The van der Waals surface area contributed by atoms with E-state index >= 15 is 0 Å². The molecule has 1 fully saturated rings. The van der Waals surface area contributed by atoms with Crippen molar-refractivity contribution in [3.63, 3.8) is 0 Å². The number of hydrogen-bond donors (Lipinski definition) is 0. The predicted octanol–water partition coefficient (Wildman–Crippen LogP) is 3.48. The van der Waals surface area contributed by atoms with Gasteiger partial charge in [-0.1, -0.05) is 24.9 Å². The fraction of sp³-hybridized carbons (Fsp3) is 0.571. The van der Waals surface area contributed by atoms with Gasteiger partial charge in [0.05, 0.1) is 5.56 Å². The summed E-state index contributed by atoms with van der Waals surface area (Å²) in [5.41, 5.74) is 0.631. The van der Waals surface area contributed by atoms with Gasteiger partial charge in [0.2, 0.25) is 0 Å². The summed E-state index contributed by atoms with van der Waals surface area (Å²) in [6.45, 7) is 3.87. The lowest BCUT2D eigenvalue weighted by molar-refractivity contribution is 0.0763. The summed E-state index contributed by atoms with van der Waals surface area (Å²) >= 11 is 7.71. The summed E-state index contributed by atoms with van der Waals surface area (Å²) in [5, 5.41) is 0.989. The molecule has 5 heteroatoms. The SMILES string of the molecule is CCSC1CCCCN(C(=O)c2ccc(Cl)nc2)C1. The Hall–Kier alpha value is -0.740. The van der Waals surface area contributed by atoms with E-state index in [-0.39, 0.29) is 5.91 Å². The van der Waals surface area contributed by atoms with Crippen LogP contribution in [-0.4, -0.2) is 39.9 Å². The number of hydrogen-bond acceptors (Lipinski definition) is 3. The second kappa shape index (κ2) is 7.15. The molecule has 104 valence electrons. The molecule has 1 amide bonds. The molecule has 2 rings (SSSR count). The van der Waals surface area contributed by atoms with Crippen LogP contribution in [0.4, 0.5) is 0 Å². The number of carbonyl (C=O) groups is 1. The van der Waals surface area contributed by atoms with E-state index in [1.807, 2.05) is 16.7 Å². The average molecular weight is 299 g/mol. The summed E-state index contributed by atoms with van der Waals surface area (Å²) < 4.78 is 0. The number of carbonyl (C=O) groups excluding carboxylic acids is 1. The van der Waals surface area contributed by atoms with Crippen LogP contribution < -0.4 is 0 Å². The number of aromatic nitrogens is 1. The van der Waals surface area contributed by atoms with Crippen molar-refractivity contribution in [3.8, 4) is 0 Å². The summed E-state index contributed by atoms with van der Waals surface area (Å²) in [4.78, 5) is 18.4. The molecule has 0 N–H and O–H groups in total. The Balaban J connectivity index is 2.06. The maximum Gasteiger partial charge on any atom is 0.255 e. The Morgan fingerprint density at radius 2 is 2.37 bits per heavy atom. The van der Waals surface area contributed by atoms with Crippen molar-refractivity contribution in [2.24, 2.45) is 0 Å². The van der Waals surface area contributed by atoms with E-state index in [4.69, 9.17) is 11.6 Å². The van der Waals surface area contributed by atoms with Gasteiger partial charge in [0.15, 0.2) is 0 Å². The van der Waals surface area contributed by atoms with Gasteiger partial charge in [-0.15, -0.1) is 0 Å². The van der Waals surface area contributed by atoms with Gasteiger partial charge in [-0.3, -0.25) is 4.79 Å². The number of amides is 1. The van der Waals surface area contributed by atoms with E-state index in [9.17, 15) is 4.79 Å². The zero-order valence-electron chi connectivity index (χ0n) is 11.1. The minimum Gasteiger partial charge on any atom is -0.337 e. The highest BCUT2D eigenvalue weighted by Gasteiger charge is 2.22. The van der Waals surface area contributed by atoms with Crippen LogP contribution >= 0.6 is 23.4 Å². The third-order valence-electron chi connectivity index (χ3n) is 3.29. The van der Waals surface area contributed by atoms with E-state index < -0.39 is 0 Å². The summed E-state index contributed by atoms with van der Waals surface area (Å²) in [7, 11) is 0. The maximum atomic E-state index is 12.4. The summed E-state index contributed by atoms with van der Waals surface area (Å²) in [6, 6.07) is 3.43. The molecule has 2 heterocycles. The lowest BCUT2D eigenvalue weighted by atomic mass is 10.2. The molecule has 0 spiro atoms. The van der Waals surface area contributed by atoms with Gasteiger partial charge in [0, 0.05) is 24.5 Å². The molecular weight excluding hydrogens is 280 g/mol. The second-order valence-electron chi connectivity index (χ2n) is 4.69. The van der Waals surface area contributed by atoms with Gasteiger partial charge >= 0.3 is 0 Å². The highest BCUT2D eigenvalue weighted by Crippen LogP contribution is 2.23. The van der Waals surface area contributed by atoms with Gasteiger partial charge in [-0.2, -0.15) is 11.8 Å². The molecule has 0 bridgehead atoms. The third kappa shape index (κ3) is 4.11. The van der Waals surface area contributed by atoms with E-state index in [1.54, 1.807) is 18.3 Å². The molecule has 3 nitrogen and oxygen atoms in total. The van der Waals surface area contributed by atoms with Crippen LogP contribution in [0.1, 0.15) is 36.5 Å². The minimum absolute atomic E-state index is 0.0766. The molecule has 0 aliphatic carbocycles. The maximum absolute atomic E-state index is 12.4. The topological polar surface area (TPSA) is 33.2 Å². The van der Waals surface area contributed by atoms with Gasteiger partial charge in [-0.05, 0) is 30.7 Å². The lowest BCUT2D eigenvalue weighted by Crippen LogP contribution is -2.35. The van der Waals surface area contributed by atoms with E-state index in [0.29, 0.717) is 16.0 Å². The van der Waals surface area contributed by atoms with E-state index in [0.717, 1.165) is 25.3 Å². The van der Waals surface area contributed by atoms with Gasteiger partial charge in [0.1, 0.15) is 5.15 Å². The quantitative estimate of drug-likeness (QED) is 0.801. The van der Waals surface area contributed by atoms with Crippen molar-refractivity contribution in [3.05, 3.63) is 29.0 Å². The Morgan fingerprint density at radius 3 is 3.05 bits per heavy atom. The minimum atomic E-state index is 0.0766. The Bertz CT molecular complexity index is 424. The number of thioether (sulfide) groups is 1. The van der Waals surface area contributed by atoms with Crippen LogP contribution in [0.2, 0.25) is 5.15 Å². The Kier molecular flexibility index (Phi) is 5.52. The Labute approximate surface area is 123 Å². The standard InChI is InChI=1S/C14H19ClN2OS/c1-2-19-12-5-3-4-8-17(10-12)14(18)11-6-7-13(15)16-9-11/h6-7,9,12H,2-5,8,10H2,1H3. The van der Waals surface area contributed by atoms with Crippen LogP contribution in [0.3, 0.4) is 0 Å². The largest absolute Gasteiger partial charge is 0.337 e. The zero-order chi connectivity index (χ0) is 13.7. The molecule has 0 aromatic carbocycles. The van der Waals surface area contributed by atoms with Gasteiger partial charge < -0.3 is 4.90 Å². The lowest BCUT2D eigenvalue weighted by Gasteiger charge is -2.24. The third-order valence-corrected chi connectivity index (χ3v) is 4.71. The smallest absolute Gasteiger partial charge is 0.255 e. The highest BCUT2D eigenvalue weighted by molar-refractivity contribution is 7.99.